The van der Waals surface area contributed by atoms with Crippen LogP contribution >= 0.6 is 0 Å². The van der Waals surface area contributed by atoms with E-state index in [9.17, 15) is 14.7 Å². The third kappa shape index (κ3) is 4.70. The molecular formula is C18H23N3O3. The molecule has 3 N–H and O–H groups in total. The minimum Gasteiger partial charge on any atom is -0.387 e. The Balaban J connectivity index is 1.76. The SMILES string of the molecule is CC(NC(=O)C(=O)NCCC(O)c1cccn1C)c1ccccc1. The van der Waals surface area contributed by atoms with Gasteiger partial charge in [0, 0.05) is 25.5 Å². The summed E-state index contributed by atoms with van der Waals surface area (Å²) in [5.41, 5.74) is 1.70. The Morgan fingerprint density at radius 2 is 1.83 bits per heavy atom. The van der Waals surface area contributed by atoms with Crippen molar-refractivity contribution in [3.8, 4) is 0 Å². The van der Waals surface area contributed by atoms with Crippen molar-refractivity contribution in [3.63, 3.8) is 0 Å². The van der Waals surface area contributed by atoms with Crippen LogP contribution < -0.4 is 10.6 Å². The predicted molar refractivity (Wildman–Crippen MR) is 91.0 cm³/mol. The zero-order valence-electron chi connectivity index (χ0n) is 13.9. The number of amides is 2. The third-order valence-corrected chi connectivity index (χ3v) is 3.88. The highest BCUT2D eigenvalue weighted by molar-refractivity contribution is 6.35. The maximum absolute atomic E-state index is 11.9. The van der Waals surface area contributed by atoms with Gasteiger partial charge in [0.2, 0.25) is 0 Å². The summed E-state index contributed by atoms with van der Waals surface area (Å²) in [7, 11) is 1.84. The van der Waals surface area contributed by atoms with Gasteiger partial charge in [-0.05, 0) is 31.0 Å². The van der Waals surface area contributed by atoms with Gasteiger partial charge in [-0.25, -0.2) is 0 Å². The summed E-state index contributed by atoms with van der Waals surface area (Å²) in [6, 6.07) is 12.8. The van der Waals surface area contributed by atoms with Crippen LogP contribution in [0.5, 0.6) is 0 Å². The van der Waals surface area contributed by atoms with Crippen LogP contribution in [0.4, 0.5) is 0 Å². The minimum atomic E-state index is -0.697. The number of hydrogen-bond acceptors (Lipinski definition) is 3. The molecule has 128 valence electrons. The molecule has 0 bridgehead atoms. The van der Waals surface area contributed by atoms with E-state index >= 15 is 0 Å². The largest absolute Gasteiger partial charge is 0.387 e. The van der Waals surface area contributed by atoms with E-state index in [1.807, 2.05) is 67.2 Å². The summed E-state index contributed by atoms with van der Waals surface area (Å²) in [4.78, 5) is 23.7. The van der Waals surface area contributed by atoms with Crippen molar-refractivity contribution in [1.29, 1.82) is 0 Å². The Morgan fingerprint density at radius 3 is 2.46 bits per heavy atom. The van der Waals surface area contributed by atoms with Crippen molar-refractivity contribution >= 4 is 11.8 Å². The molecule has 0 saturated heterocycles. The van der Waals surface area contributed by atoms with Gasteiger partial charge in [0.1, 0.15) is 0 Å². The number of nitrogens with one attached hydrogen (secondary N) is 2. The van der Waals surface area contributed by atoms with E-state index < -0.39 is 17.9 Å². The van der Waals surface area contributed by atoms with Crippen molar-refractivity contribution in [2.24, 2.45) is 7.05 Å². The molecule has 0 aliphatic heterocycles. The van der Waals surface area contributed by atoms with Crippen molar-refractivity contribution in [2.45, 2.75) is 25.5 Å². The Kier molecular flexibility index (Phi) is 6.14. The Hall–Kier alpha value is -2.60. The zero-order chi connectivity index (χ0) is 17.5. The molecule has 2 amide bonds. The number of benzene rings is 1. The van der Waals surface area contributed by atoms with Gasteiger partial charge in [0.25, 0.3) is 0 Å². The number of aliphatic hydroxyl groups is 1. The summed E-state index contributed by atoms with van der Waals surface area (Å²) in [6.45, 7) is 2.04. The fraction of sp³-hybridized carbons (Fsp3) is 0.333. The molecule has 0 radical (unpaired) electrons. The van der Waals surface area contributed by atoms with Gasteiger partial charge in [0.05, 0.1) is 12.1 Å². The van der Waals surface area contributed by atoms with Crippen LogP contribution in [-0.4, -0.2) is 28.0 Å². The summed E-state index contributed by atoms with van der Waals surface area (Å²) < 4.78 is 1.82. The van der Waals surface area contributed by atoms with Gasteiger partial charge in [-0.15, -0.1) is 0 Å². The lowest BCUT2D eigenvalue weighted by atomic mass is 10.1. The maximum atomic E-state index is 11.9. The fourth-order valence-electron chi connectivity index (χ4n) is 2.46. The predicted octanol–water partition coefficient (Wildman–Crippen LogP) is 1.44. The first-order chi connectivity index (χ1) is 11.5. The molecule has 2 aromatic rings. The van der Waals surface area contributed by atoms with E-state index in [4.69, 9.17) is 0 Å². The van der Waals surface area contributed by atoms with Gasteiger partial charge < -0.3 is 20.3 Å². The fourth-order valence-corrected chi connectivity index (χ4v) is 2.46. The number of aliphatic hydroxyl groups excluding tert-OH is 1. The molecule has 0 aliphatic rings. The minimum absolute atomic E-state index is 0.221. The third-order valence-electron chi connectivity index (χ3n) is 3.88. The molecule has 2 unspecified atom stereocenters. The van der Waals surface area contributed by atoms with E-state index in [0.717, 1.165) is 11.3 Å². The van der Waals surface area contributed by atoms with Gasteiger partial charge in [-0.2, -0.15) is 0 Å². The van der Waals surface area contributed by atoms with Gasteiger partial charge >= 0.3 is 11.8 Å². The first kappa shape index (κ1) is 17.7. The molecule has 6 heteroatoms. The van der Waals surface area contributed by atoms with Crippen LogP contribution in [-0.2, 0) is 16.6 Å². The molecule has 0 fully saturated rings. The highest BCUT2D eigenvalue weighted by Gasteiger charge is 2.17. The molecule has 24 heavy (non-hydrogen) atoms. The van der Waals surface area contributed by atoms with Crippen molar-refractivity contribution in [3.05, 3.63) is 59.9 Å². The molecule has 6 nitrogen and oxygen atoms in total. The topological polar surface area (TPSA) is 83.4 Å². The summed E-state index contributed by atoms with van der Waals surface area (Å²) in [6.07, 6.45) is 1.50. The quantitative estimate of drug-likeness (QED) is 0.701. The monoisotopic (exact) mass is 329 g/mol. The second-order valence-corrected chi connectivity index (χ2v) is 5.71. The molecule has 2 rings (SSSR count). The zero-order valence-corrected chi connectivity index (χ0v) is 13.9. The van der Waals surface area contributed by atoms with Crippen LogP contribution in [0.3, 0.4) is 0 Å². The Bertz CT molecular complexity index is 682. The van der Waals surface area contributed by atoms with E-state index in [1.54, 1.807) is 0 Å². The Labute approximate surface area is 141 Å². The summed E-state index contributed by atoms with van der Waals surface area (Å²) in [5, 5.41) is 15.2. The second-order valence-electron chi connectivity index (χ2n) is 5.71. The molecular weight excluding hydrogens is 306 g/mol. The number of nitrogens with zero attached hydrogens (tertiary/aromatic N) is 1. The maximum Gasteiger partial charge on any atom is 0.309 e. The van der Waals surface area contributed by atoms with Crippen molar-refractivity contribution < 1.29 is 14.7 Å². The van der Waals surface area contributed by atoms with Crippen LogP contribution in [0.15, 0.2) is 48.7 Å². The van der Waals surface area contributed by atoms with E-state index in [0.29, 0.717) is 6.42 Å². The highest BCUT2D eigenvalue weighted by atomic mass is 16.3. The Morgan fingerprint density at radius 1 is 1.12 bits per heavy atom. The van der Waals surface area contributed by atoms with Crippen LogP contribution in [0.2, 0.25) is 0 Å². The lowest BCUT2D eigenvalue weighted by Gasteiger charge is -2.15. The number of aromatic nitrogens is 1. The van der Waals surface area contributed by atoms with Crippen molar-refractivity contribution in [2.75, 3.05) is 6.54 Å². The summed E-state index contributed by atoms with van der Waals surface area (Å²) >= 11 is 0. The lowest BCUT2D eigenvalue weighted by Crippen LogP contribution is -2.41. The van der Waals surface area contributed by atoms with Gasteiger partial charge in [-0.1, -0.05) is 30.3 Å². The number of rotatable bonds is 6. The van der Waals surface area contributed by atoms with E-state index in [-0.39, 0.29) is 12.6 Å². The molecule has 0 saturated carbocycles. The first-order valence-corrected chi connectivity index (χ1v) is 7.92. The molecule has 1 aromatic carbocycles. The van der Waals surface area contributed by atoms with Crippen LogP contribution in [0, 0.1) is 0 Å². The van der Waals surface area contributed by atoms with Gasteiger partial charge in [0.15, 0.2) is 0 Å². The number of carbonyl (C=O) groups is 2. The van der Waals surface area contributed by atoms with Crippen LogP contribution in [0.25, 0.3) is 0 Å². The number of aryl methyl sites for hydroxylation is 1. The van der Waals surface area contributed by atoms with E-state index in [2.05, 4.69) is 10.6 Å². The first-order valence-electron chi connectivity index (χ1n) is 7.92. The molecule has 2 atom stereocenters. The number of hydrogen-bond donors (Lipinski definition) is 3. The second kappa shape index (κ2) is 8.31. The van der Waals surface area contributed by atoms with E-state index in [1.165, 1.54) is 0 Å². The normalized spacial score (nSPS) is 13.1. The standard InChI is InChI=1S/C18H23N3O3/c1-13(14-7-4-3-5-8-14)20-18(24)17(23)19-11-10-16(22)15-9-6-12-21(15)2/h3-9,12-13,16,22H,10-11H2,1-2H3,(H,19,23)(H,20,24). The van der Waals surface area contributed by atoms with Crippen molar-refractivity contribution in [1.82, 2.24) is 15.2 Å². The summed E-state index contributed by atoms with van der Waals surface area (Å²) in [5.74, 6) is -1.38. The van der Waals surface area contributed by atoms with Crippen LogP contribution in [0.1, 0.15) is 36.7 Å². The molecule has 1 heterocycles. The molecule has 0 spiro atoms. The highest BCUT2D eigenvalue weighted by Crippen LogP contribution is 2.15. The average Bonchev–Trinajstić information content (AvgIpc) is 3.01. The van der Waals surface area contributed by atoms with Gasteiger partial charge in [-0.3, -0.25) is 9.59 Å². The molecule has 1 aromatic heterocycles. The average molecular weight is 329 g/mol. The smallest absolute Gasteiger partial charge is 0.309 e. The lowest BCUT2D eigenvalue weighted by molar-refractivity contribution is -0.139. The molecule has 0 aliphatic carbocycles. The number of carbonyl (C=O) groups excluding carboxylic acids is 2.